The number of benzene rings is 3. The summed E-state index contributed by atoms with van der Waals surface area (Å²) in [7, 11) is 1.06. The lowest BCUT2D eigenvalue weighted by Crippen LogP contribution is -2.29. The van der Waals surface area contributed by atoms with Gasteiger partial charge in [-0.15, -0.1) is 0 Å². The first kappa shape index (κ1) is 25.0. The van der Waals surface area contributed by atoms with Gasteiger partial charge in [-0.3, -0.25) is 4.72 Å². The third kappa shape index (κ3) is 4.50. The first-order valence-electron chi connectivity index (χ1n) is 12.2. The van der Waals surface area contributed by atoms with Crippen molar-refractivity contribution in [1.82, 2.24) is 0 Å². The molecule has 0 amide bonds. The molecule has 0 radical (unpaired) electrons. The van der Waals surface area contributed by atoms with Crippen molar-refractivity contribution in [2.24, 2.45) is 5.92 Å². The Kier molecular flexibility index (Phi) is 6.54. The number of nitrogens with one attached hydrogen (secondary N) is 2. The van der Waals surface area contributed by atoms with Gasteiger partial charge >= 0.3 is 0 Å². The summed E-state index contributed by atoms with van der Waals surface area (Å²) in [5.41, 5.74) is 5.62. The first-order chi connectivity index (χ1) is 17.7. The van der Waals surface area contributed by atoms with Crippen LogP contribution in [-0.2, 0) is 10.0 Å². The van der Waals surface area contributed by atoms with Crippen molar-refractivity contribution in [2.45, 2.75) is 37.1 Å². The van der Waals surface area contributed by atoms with Crippen LogP contribution in [-0.4, -0.2) is 29.7 Å². The van der Waals surface area contributed by atoms with Crippen molar-refractivity contribution in [1.29, 1.82) is 0 Å². The van der Waals surface area contributed by atoms with Crippen LogP contribution in [0.3, 0.4) is 0 Å². The molecule has 0 unspecified atom stereocenters. The van der Waals surface area contributed by atoms with Gasteiger partial charge in [0.25, 0.3) is 10.0 Å². The van der Waals surface area contributed by atoms with Crippen LogP contribution in [0.25, 0.3) is 0 Å². The molecule has 0 saturated heterocycles. The Hall–Kier alpha value is -3.65. The normalized spacial score (nSPS) is 20.0. The molecule has 0 aromatic heterocycles. The molecule has 2 N–H and O–H groups in total. The Balaban J connectivity index is 1.50. The highest BCUT2D eigenvalue weighted by atomic mass is 32.2. The molecule has 3 atom stereocenters. The highest BCUT2D eigenvalue weighted by Gasteiger charge is 2.39. The molecule has 0 fully saturated rings. The summed E-state index contributed by atoms with van der Waals surface area (Å²) in [5, 5.41) is 3.66. The minimum Gasteiger partial charge on any atom is -0.493 e. The third-order valence-corrected chi connectivity index (χ3v) is 8.83. The summed E-state index contributed by atoms with van der Waals surface area (Å²) >= 11 is 0. The maximum Gasteiger partial charge on any atom is 0.261 e. The fourth-order valence-electron chi connectivity index (χ4n) is 5.37. The van der Waals surface area contributed by atoms with E-state index in [1.807, 2.05) is 44.2 Å². The van der Waals surface area contributed by atoms with E-state index in [1.165, 1.54) is 0 Å². The molecule has 0 spiro atoms. The molecule has 5 rings (SSSR count). The lowest BCUT2D eigenvalue weighted by Gasteiger charge is -2.38. The predicted octanol–water partition coefficient (Wildman–Crippen LogP) is 5.96. The minimum atomic E-state index is -3.75. The van der Waals surface area contributed by atoms with Gasteiger partial charge in [0.2, 0.25) is 5.75 Å². The van der Waals surface area contributed by atoms with Crippen LogP contribution in [0.2, 0.25) is 0 Å². The molecular formula is C29H32N2O5S. The summed E-state index contributed by atoms with van der Waals surface area (Å²) < 4.78 is 45.9. The van der Waals surface area contributed by atoms with Gasteiger partial charge in [-0.05, 0) is 90.9 Å². The Morgan fingerprint density at radius 2 is 1.62 bits per heavy atom. The zero-order valence-electron chi connectivity index (χ0n) is 21.7. The number of allylic oxidation sites excluding steroid dienone is 2. The van der Waals surface area contributed by atoms with Crippen molar-refractivity contribution in [3.63, 3.8) is 0 Å². The molecule has 0 bridgehead atoms. The van der Waals surface area contributed by atoms with E-state index < -0.39 is 10.0 Å². The van der Waals surface area contributed by atoms with Gasteiger partial charge < -0.3 is 19.5 Å². The monoisotopic (exact) mass is 520 g/mol. The predicted molar refractivity (Wildman–Crippen MR) is 146 cm³/mol. The average Bonchev–Trinajstić information content (AvgIpc) is 3.39. The molecule has 8 heteroatoms. The highest BCUT2D eigenvalue weighted by Crippen LogP contribution is 2.52. The molecule has 3 aromatic carbocycles. The molecular weight excluding hydrogens is 488 g/mol. The summed E-state index contributed by atoms with van der Waals surface area (Å²) in [5.74, 6) is 2.05. The number of aryl methyl sites for hydroxylation is 2. The van der Waals surface area contributed by atoms with E-state index in [4.69, 9.17) is 14.2 Å². The fraction of sp³-hybridized carbons (Fsp3) is 0.310. The van der Waals surface area contributed by atoms with E-state index in [9.17, 15) is 8.42 Å². The van der Waals surface area contributed by atoms with Crippen molar-refractivity contribution >= 4 is 21.4 Å². The highest BCUT2D eigenvalue weighted by molar-refractivity contribution is 7.92. The van der Waals surface area contributed by atoms with Crippen molar-refractivity contribution in [2.75, 3.05) is 31.4 Å². The van der Waals surface area contributed by atoms with E-state index in [0.29, 0.717) is 22.9 Å². The lowest BCUT2D eigenvalue weighted by molar-refractivity contribution is 0.322. The topological polar surface area (TPSA) is 85.9 Å². The molecule has 1 heterocycles. The Bertz CT molecular complexity index is 1460. The van der Waals surface area contributed by atoms with Gasteiger partial charge in [-0.25, -0.2) is 8.42 Å². The van der Waals surface area contributed by atoms with Crippen LogP contribution in [0.1, 0.15) is 40.6 Å². The van der Waals surface area contributed by atoms with Crippen molar-refractivity contribution in [3.05, 3.63) is 82.9 Å². The maximum atomic E-state index is 13.3. The number of fused-ring (bicyclic) bond motifs is 3. The largest absolute Gasteiger partial charge is 0.493 e. The zero-order valence-corrected chi connectivity index (χ0v) is 22.5. The van der Waals surface area contributed by atoms with Gasteiger partial charge in [0, 0.05) is 17.3 Å². The second kappa shape index (κ2) is 9.67. The van der Waals surface area contributed by atoms with Crippen LogP contribution in [0.15, 0.2) is 65.6 Å². The SMILES string of the molecule is COc1cc([C@H]2Nc3ccc(S(=O)(=O)Nc4ccc(C)c(C)c4)cc3[C@H]3C=CC[C@H]32)cc(OC)c1OC. The van der Waals surface area contributed by atoms with Gasteiger partial charge in [-0.1, -0.05) is 18.2 Å². The number of anilines is 2. The van der Waals surface area contributed by atoms with Crippen molar-refractivity contribution < 1.29 is 22.6 Å². The van der Waals surface area contributed by atoms with Gasteiger partial charge in [-0.2, -0.15) is 0 Å². The molecule has 1 aliphatic heterocycles. The molecule has 2 aliphatic rings. The summed E-state index contributed by atoms with van der Waals surface area (Å²) in [4.78, 5) is 0.247. The van der Waals surface area contributed by atoms with E-state index in [0.717, 1.165) is 34.4 Å². The van der Waals surface area contributed by atoms with E-state index in [2.05, 4.69) is 22.2 Å². The molecule has 7 nitrogen and oxygen atoms in total. The number of rotatable bonds is 7. The second-order valence-corrected chi connectivity index (χ2v) is 11.3. The van der Waals surface area contributed by atoms with Crippen LogP contribution in [0.4, 0.5) is 11.4 Å². The molecule has 0 saturated carbocycles. The summed E-state index contributed by atoms with van der Waals surface area (Å²) in [6, 6.07) is 14.8. The Morgan fingerprint density at radius 3 is 2.27 bits per heavy atom. The van der Waals surface area contributed by atoms with Crippen molar-refractivity contribution in [3.8, 4) is 17.2 Å². The molecule has 37 heavy (non-hydrogen) atoms. The van der Waals surface area contributed by atoms with Crippen LogP contribution >= 0.6 is 0 Å². The minimum absolute atomic E-state index is 0.0164. The Morgan fingerprint density at radius 1 is 0.892 bits per heavy atom. The number of ether oxygens (including phenoxy) is 3. The number of methoxy groups -OCH3 is 3. The quantitative estimate of drug-likeness (QED) is 0.374. The van der Waals surface area contributed by atoms with E-state index in [1.54, 1.807) is 39.5 Å². The number of sulfonamides is 1. The smallest absolute Gasteiger partial charge is 0.261 e. The van der Waals surface area contributed by atoms with Gasteiger partial charge in [0.05, 0.1) is 32.3 Å². The van der Waals surface area contributed by atoms with Gasteiger partial charge in [0.15, 0.2) is 11.5 Å². The second-order valence-electron chi connectivity index (χ2n) is 9.59. The van der Waals surface area contributed by atoms with Crippen LogP contribution < -0.4 is 24.2 Å². The average molecular weight is 521 g/mol. The first-order valence-corrected chi connectivity index (χ1v) is 13.7. The Labute approximate surface area is 218 Å². The van der Waals surface area contributed by atoms with Gasteiger partial charge in [0.1, 0.15) is 0 Å². The third-order valence-electron chi connectivity index (χ3n) is 7.45. The van der Waals surface area contributed by atoms with E-state index >= 15 is 0 Å². The zero-order chi connectivity index (χ0) is 26.3. The summed E-state index contributed by atoms with van der Waals surface area (Å²) in [6.07, 6.45) is 5.23. The summed E-state index contributed by atoms with van der Waals surface area (Å²) in [6.45, 7) is 3.97. The van der Waals surface area contributed by atoms with Crippen LogP contribution in [0, 0.1) is 19.8 Å². The number of hydrogen-bond donors (Lipinski definition) is 2. The standard InChI is InChI=1S/C29H32N2O5S/c1-17-9-10-20(13-18(17)2)31-37(32,33)21-11-12-25-24(16-21)22-7-6-8-23(22)28(30-25)19-14-26(34-3)29(36-5)27(15-19)35-4/h6-7,9-16,22-23,28,30-31H,8H2,1-5H3/t22-,23+,28+/m0/s1. The fourth-order valence-corrected chi connectivity index (χ4v) is 6.45. The molecule has 3 aromatic rings. The van der Waals surface area contributed by atoms with E-state index in [-0.39, 0.29) is 22.8 Å². The van der Waals surface area contributed by atoms with Crippen LogP contribution in [0.5, 0.6) is 17.2 Å². The lowest BCUT2D eigenvalue weighted by atomic mass is 9.77. The molecule has 1 aliphatic carbocycles. The number of hydrogen-bond acceptors (Lipinski definition) is 6. The maximum absolute atomic E-state index is 13.3. The molecule has 194 valence electrons.